The predicted octanol–water partition coefficient (Wildman–Crippen LogP) is -0.273. The van der Waals surface area contributed by atoms with E-state index in [1.54, 1.807) is 0 Å². The fourth-order valence-corrected chi connectivity index (χ4v) is 0.394. The van der Waals surface area contributed by atoms with E-state index in [0.29, 0.717) is 0 Å². The average Bonchev–Trinajstić information content (AvgIpc) is 2.05. The van der Waals surface area contributed by atoms with Crippen molar-refractivity contribution in [3.05, 3.63) is 22.7 Å². The number of amides is 1. The van der Waals surface area contributed by atoms with Crippen LogP contribution >= 0.6 is 0 Å². The molecule has 0 spiro atoms. The van der Waals surface area contributed by atoms with E-state index in [4.69, 9.17) is 22.7 Å². The van der Waals surface area contributed by atoms with Crippen molar-refractivity contribution in [2.45, 2.75) is 0 Å². The van der Waals surface area contributed by atoms with E-state index >= 15 is 0 Å². The highest BCUT2D eigenvalue weighted by atomic mass is 16.3. The molecular formula is C6H5N3O2. The standard InChI is InChI=1S/C6H5N3O2/c1-9-6(11)4(2-7)5(10)3-8/h10H,3,8H2/b5-4-. The second kappa shape index (κ2) is 4.04. The first-order valence-corrected chi connectivity index (χ1v) is 2.61. The summed E-state index contributed by atoms with van der Waals surface area (Å²) in [6, 6.07) is 1.39. The van der Waals surface area contributed by atoms with Crippen molar-refractivity contribution in [1.29, 1.82) is 5.26 Å². The largest absolute Gasteiger partial charge is 0.511 e. The van der Waals surface area contributed by atoms with Gasteiger partial charge in [0.15, 0.2) is 0 Å². The van der Waals surface area contributed by atoms with E-state index in [1.165, 1.54) is 6.07 Å². The zero-order chi connectivity index (χ0) is 8.85. The zero-order valence-electron chi connectivity index (χ0n) is 5.53. The van der Waals surface area contributed by atoms with Crippen LogP contribution in [0, 0.1) is 17.9 Å². The van der Waals surface area contributed by atoms with Crippen LogP contribution < -0.4 is 5.73 Å². The van der Waals surface area contributed by atoms with Gasteiger partial charge in [-0.3, -0.25) is 0 Å². The number of nitrogens with zero attached hydrogens (tertiary/aromatic N) is 2. The molecule has 5 heteroatoms. The first kappa shape index (κ1) is 9.15. The molecule has 11 heavy (non-hydrogen) atoms. The van der Waals surface area contributed by atoms with Crippen molar-refractivity contribution < 1.29 is 9.90 Å². The van der Waals surface area contributed by atoms with Crippen LogP contribution in [0.5, 0.6) is 0 Å². The number of aliphatic hydroxyl groups is 1. The molecule has 0 radical (unpaired) electrons. The van der Waals surface area contributed by atoms with Crippen LogP contribution in [-0.2, 0) is 4.79 Å². The van der Waals surface area contributed by atoms with Gasteiger partial charge >= 0.3 is 5.91 Å². The van der Waals surface area contributed by atoms with Crippen molar-refractivity contribution in [3.63, 3.8) is 0 Å². The number of aliphatic hydroxyl groups excluding tert-OH is 1. The summed E-state index contributed by atoms with van der Waals surface area (Å²) >= 11 is 0. The van der Waals surface area contributed by atoms with Gasteiger partial charge in [-0.05, 0) is 0 Å². The number of carbonyl (C=O) groups excluding carboxylic acids is 1. The van der Waals surface area contributed by atoms with Gasteiger partial charge in [0.1, 0.15) is 11.3 Å². The average molecular weight is 151 g/mol. The van der Waals surface area contributed by atoms with Crippen molar-refractivity contribution in [2.75, 3.05) is 6.54 Å². The molecule has 0 aromatic heterocycles. The molecule has 5 nitrogen and oxygen atoms in total. The van der Waals surface area contributed by atoms with Gasteiger partial charge in [-0.1, -0.05) is 0 Å². The Balaban J connectivity index is 4.88. The van der Waals surface area contributed by atoms with Crippen LogP contribution in [0.2, 0.25) is 0 Å². The fourth-order valence-electron chi connectivity index (χ4n) is 0.394. The van der Waals surface area contributed by atoms with Crippen molar-refractivity contribution >= 4 is 5.91 Å². The van der Waals surface area contributed by atoms with Crippen molar-refractivity contribution in [3.8, 4) is 6.07 Å². The first-order valence-electron chi connectivity index (χ1n) is 2.61. The molecular weight excluding hydrogens is 146 g/mol. The molecule has 0 heterocycles. The highest BCUT2D eigenvalue weighted by molar-refractivity contribution is 6.04. The second-order valence-electron chi connectivity index (χ2n) is 1.55. The normalized spacial score (nSPS) is 10.8. The van der Waals surface area contributed by atoms with E-state index < -0.39 is 17.2 Å². The quantitative estimate of drug-likeness (QED) is 0.246. The summed E-state index contributed by atoms with van der Waals surface area (Å²) in [5, 5.41) is 17.0. The Labute approximate surface area is 63.2 Å². The third kappa shape index (κ3) is 2.09. The minimum Gasteiger partial charge on any atom is -0.511 e. The van der Waals surface area contributed by atoms with Gasteiger partial charge in [-0.15, -0.1) is 0 Å². The zero-order valence-corrected chi connectivity index (χ0v) is 5.53. The van der Waals surface area contributed by atoms with Crippen LogP contribution in [0.15, 0.2) is 11.3 Å². The molecule has 3 N–H and O–H groups in total. The molecule has 0 rings (SSSR count). The molecule has 0 unspecified atom stereocenters. The molecule has 56 valence electrons. The smallest absolute Gasteiger partial charge is 0.399 e. The summed E-state index contributed by atoms with van der Waals surface area (Å²) in [5.41, 5.74) is 4.35. The maximum atomic E-state index is 10.5. The van der Waals surface area contributed by atoms with Gasteiger partial charge < -0.3 is 15.6 Å². The third-order valence-corrected chi connectivity index (χ3v) is 0.909. The van der Waals surface area contributed by atoms with Crippen molar-refractivity contribution in [1.82, 2.24) is 0 Å². The monoisotopic (exact) mass is 151 g/mol. The molecule has 0 aromatic rings. The molecule has 1 amide bonds. The second-order valence-corrected chi connectivity index (χ2v) is 1.55. The van der Waals surface area contributed by atoms with E-state index in [0.717, 1.165) is 0 Å². The van der Waals surface area contributed by atoms with Gasteiger partial charge in [-0.25, -0.2) is 0 Å². The van der Waals surface area contributed by atoms with Gasteiger partial charge in [0.05, 0.1) is 19.2 Å². The van der Waals surface area contributed by atoms with Gasteiger partial charge in [0.2, 0.25) is 0 Å². The van der Waals surface area contributed by atoms with Crippen LogP contribution in [0.4, 0.5) is 0 Å². The Bertz CT molecular complexity index is 279. The molecule has 0 aliphatic heterocycles. The minimum absolute atomic E-state index is 0.315. The molecule has 0 aliphatic rings. The van der Waals surface area contributed by atoms with Crippen LogP contribution in [0.1, 0.15) is 0 Å². The number of hydrogen-bond donors (Lipinski definition) is 2. The summed E-state index contributed by atoms with van der Waals surface area (Å²) in [6.07, 6.45) is 0. The number of nitrogens with two attached hydrogens (primary N) is 1. The third-order valence-electron chi connectivity index (χ3n) is 0.909. The Morgan fingerprint density at radius 3 is 2.64 bits per heavy atom. The Kier molecular flexibility index (Phi) is 3.36. The van der Waals surface area contributed by atoms with E-state index in [1.807, 2.05) is 0 Å². The summed E-state index contributed by atoms with van der Waals surface area (Å²) in [7, 11) is 0. The van der Waals surface area contributed by atoms with Gasteiger partial charge in [0.25, 0.3) is 0 Å². The maximum Gasteiger partial charge on any atom is 0.399 e. The number of hydrogen-bond acceptors (Lipinski definition) is 4. The summed E-state index contributed by atoms with van der Waals surface area (Å²) in [5.74, 6) is -1.64. The van der Waals surface area contributed by atoms with Gasteiger partial charge in [0, 0.05) is 0 Å². The molecule has 0 atom stereocenters. The van der Waals surface area contributed by atoms with Crippen LogP contribution in [0.3, 0.4) is 0 Å². The summed E-state index contributed by atoms with van der Waals surface area (Å²) in [4.78, 5) is 12.9. The Hall–Kier alpha value is -1.85. The lowest BCUT2D eigenvalue weighted by molar-refractivity contribution is -0.111. The van der Waals surface area contributed by atoms with E-state index in [9.17, 15) is 4.79 Å². The maximum absolute atomic E-state index is 10.5. The summed E-state index contributed by atoms with van der Waals surface area (Å²) < 4.78 is 0. The topological polar surface area (TPSA) is 91.5 Å². The predicted molar refractivity (Wildman–Crippen MR) is 35.9 cm³/mol. The minimum atomic E-state index is -1.09. The van der Waals surface area contributed by atoms with E-state index in [2.05, 4.69) is 4.85 Å². The first-order chi connectivity index (χ1) is 5.17. The molecule has 0 saturated heterocycles. The Morgan fingerprint density at radius 1 is 1.82 bits per heavy atom. The molecule has 0 aliphatic carbocycles. The molecule has 0 fully saturated rings. The SMILES string of the molecule is [C-]#[N+]C(=O)/C(C#N)=C(\O)CN. The van der Waals surface area contributed by atoms with E-state index in [-0.39, 0.29) is 6.54 Å². The number of carbonyl (C=O) groups is 1. The van der Waals surface area contributed by atoms with Gasteiger partial charge in [-0.2, -0.15) is 10.1 Å². The lowest BCUT2D eigenvalue weighted by Gasteiger charge is -1.93. The van der Waals surface area contributed by atoms with Crippen molar-refractivity contribution in [2.24, 2.45) is 5.73 Å². The lowest BCUT2D eigenvalue weighted by atomic mass is 10.2. The lowest BCUT2D eigenvalue weighted by Crippen LogP contribution is -2.08. The molecule has 0 saturated carbocycles. The Morgan fingerprint density at radius 2 is 2.36 bits per heavy atom. The summed E-state index contributed by atoms with van der Waals surface area (Å²) in [6.45, 7) is 5.93. The highest BCUT2D eigenvalue weighted by Crippen LogP contribution is 2.00. The molecule has 0 bridgehead atoms. The van der Waals surface area contributed by atoms with Crippen LogP contribution in [0.25, 0.3) is 4.85 Å². The molecule has 0 aromatic carbocycles. The fraction of sp³-hybridized carbons (Fsp3) is 0.167. The number of nitriles is 1. The highest BCUT2D eigenvalue weighted by Gasteiger charge is 2.12. The van der Waals surface area contributed by atoms with Crippen LogP contribution in [-0.4, -0.2) is 17.6 Å². The number of rotatable bonds is 2.